The van der Waals surface area contributed by atoms with Crippen LogP contribution in [0.1, 0.15) is 16.7 Å². The van der Waals surface area contributed by atoms with E-state index in [4.69, 9.17) is 11.6 Å². The van der Waals surface area contributed by atoms with Gasteiger partial charge in [0.25, 0.3) is 0 Å². The zero-order valence-corrected chi connectivity index (χ0v) is 15.3. The van der Waals surface area contributed by atoms with Gasteiger partial charge in [-0.25, -0.2) is 14.6 Å². The number of nitrogens with one attached hydrogen (secondary N) is 1. The number of anilines is 1. The molecule has 4 rings (SSSR count). The smallest absolute Gasteiger partial charge is 0.168 e. The van der Waals surface area contributed by atoms with Crippen LogP contribution in [-0.4, -0.2) is 19.7 Å². The highest BCUT2D eigenvalue weighted by Gasteiger charge is 2.12. The predicted molar refractivity (Wildman–Crippen MR) is 105 cm³/mol. The van der Waals surface area contributed by atoms with Crippen LogP contribution in [0.2, 0.25) is 5.02 Å². The van der Waals surface area contributed by atoms with Crippen LogP contribution in [0.15, 0.2) is 55.0 Å². The number of aryl methyl sites for hydroxylation is 2. The number of benzene rings is 2. The Kier molecular flexibility index (Phi) is 4.31. The van der Waals surface area contributed by atoms with Crippen LogP contribution in [-0.2, 0) is 6.54 Å². The Morgan fingerprint density at radius 2 is 1.88 bits per heavy atom. The molecular weight excluding hydrogens is 346 g/mol. The second-order valence-corrected chi connectivity index (χ2v) is 6.64. The van der Waals surface area contributed by atoms with Crippen molar-refractivity contribution in [1.29, 1.82) is 0 Å². The van der Waals surface area contributed by atoms with Gasteiger partial charge in [-0.3, -0.25) is 0 Å². The molecular formula is C20H18ClN5. The molecule has 0 atom stereocenters. The summed E-state index contributed by atoms with van der Waals surface area (Å²) in [6.45, 7) is 4.77. The molecule has 2 aromatic heterocycles. The van der Waals surface area contributed by atoms with Crippen LogP contribution >= 0.6 is 11.6 Å². The van der Waals surface area contributed by atoms with E-state index < -0.39 is 0 Å². The fourth-order valence-corrected chi connectivity index (χ4v) is 3.05. The van der Waals surface area contributed by atoms with Crippen molar-refractivity contribution in [2.24, 2.45) is 0 Å². The standard InChI is InChI=1S/C20H18ClN5/c1-13-7-8-16(9-14(13)2)26-20-17(11-25-26)19(23-12-24-20)22-10-15-5-3-4-6-18(15)21/h3-9,11-12H,10H2,1-2H3,(H,22,23,24). The summed E-state index contributed by atoms with van der Waals surface area (Å²) in [6.07, 6.45) is 3.34. The molecule has 0 fully saturated rings. The summed E-state index contributed by atoms with van der Waals surface area (Å²) >= 11 is 6.23. The van der Waals surface area contributed by atoms with Crippen molar-refractivity contribution in [3.63, 3.8) is 0 Å². The number of fused-ring (bicyclic) bond motifs is 1. The maximum Gasteiger partial charge on any atom is 0.168 e. The van der Waals surface area contributed by atoms with Gasteiger partial charge in [-0.05, 0) is 48.7 Å². The molecule has 6 heteroatoms. The van der Waals surface area contributed by atoms with Crippen molar-refractivity contribution in [1.82, 2.24) is 19.7 Å². The highest BCUT2D eigenvalue weighted by molar-refractivity contribution is 6.31. The van der Waals surface area contributed by atoms with Crippen molar-refractivity contribution in [3.05, 3.63) is 76.7 Å². The van der Waals surface area contributed by atoms with Crippen LogP contribution in [0.5, 0.6) is 0 Å². The Labute approximate surface area is 156 Å². The Bertz CT molecular complexity index is 1090. The quantitative estimate of drug-likeness (QED) is 0.571. The van der Waals surface area contributed by atoms with Gasteiger partial charge in [0, 0.05) is 11.6 Å². The molecule has 5 nitrogen and oxygen atoms in total. The van der Waals surface area contributed by atoms with Crippen LogP contribution in [0, 0.1) is 13.8 Å². The first-order valence-electron chi connectivity index (χ1n) is 8.37. The summed E-state index contributed by atoms with van der Waals surface area (Å²) in [5.41, 5.74) is 5.24. The lowest BCUT2D eigenvalue weighted by molar-refractivity contribution is 0.892. The topological polar surface area (TPSA) is 55.6 Å². The zero-order chi connectivity index (χ0) is 18.1. The van der Waals surface area contributed by atoms with Gasteiger partial charge in [0.1, 0.15) is 12.1 Å². The van der Waals surface area contributed by atoms with Crippen molar-refractivity contribution in [2.45, 2.75) is 20.4 Å². The Morgan fingerprint density at radius 1 is 1.04 bits per heavy atom. The minimum Gasteiger partial charge on any atom is -0.365 e. The lowest BCUT2D eigenvalue weighted by Gasteiger charge is -2.09. The molecule has 4 aromatic rings. The summed E-state index contributed by atoms with van der Waals surface area (Å²) < 4.78 is 1.84. The molecule has 26 heavy (non-hydrogen) atoms. The third-order valence-electron chi connectivity index (χ3n) is 4.50. The second-order valence-electron chi connectivity index (χ2n) is 6.23. The lowest BCUT2D eigenvalue weighted by Crippen LogP contribution is -2.03. The maximum absolute atomic E-state index is 6.23. The van der Waals surface area contributed by atoms with Crippen LogP contribution < -0.4 is 5.32 Å². The van der Waals surface area contributed by atoms with E-state index in [9.17, 15) is 0 Å². The van der Waals surface area contributed by atoms with Crippen molar-refractivity contribution < 1.29 is 0 Å². The largest absolute Gasteiger partial charge is 0.365 e. The van der Waals surface area contributed by atoms with Gasteiger partial charge in [-0.2, -0.15) is 5.10 Å². The van der Waals surface area contributed by atoms with Gasteiger partial charge in [0.05, 0.1) is 17.3 Å². The third kappa shape index (κ3) is 3.02. The van der Waals surface area contributed by atoms with E-state index in [1.807, 2.05) is 35.0 Å². The number of aromatic nitrogens is 4. The van der Waals surface area contributed by atoms with Gasteiger partial charge in [-0.15, -0.1) is 0 Å². The fraction of sp³-hybridized carbons (Fsp3) is 0.150. The van der Waals surface area contributed by atoms with E-state index in [0.29, 0.717) is 6.54 Å². The normalized spacial score (nSPS) is 11.0. The molecule has 130 valence electrons. The van der Waals surface area contributed by atoms with E-state index in [0.717, 1.165) is 33.1 Å². The molecule has 0 aliphatic heterocycles. The van der Waals surface area contributed by atoms with Crippen molar-refractivity contribution >= 4 is 28.5 Å². The van der Waals surface area contributed by atoms with Gasteiger partial charge >= 0.3 is 0 Å². The van der Waals surface area contributed by atoms with E-state index in [1.165, 1.54) is 11.1 Å². The zero-order valence-electron chi connectivity index (χ0n) is 14.6. The Balaban J connectivity index is 1.69. The number of halogens is 1. The lowest BCUT2D eigenvalue weighted by atomic mass is 10.1. The molecule has 0 spiro atoms. The second kappa shape index (κ2) is 6.77. The summed E-state index contributed by atoms with van der Waals surface area (Å²) in [7, 11) is 0. The first-order chi connectivity index (χ1) is 12.6. The predicted octanol–water partition coefficient (Wildman–Crippen LogP) is 4.70. The number of hydrogen-bond acceptors (Lipinski definition) is 4. The first kappa shape index (κ1) is 16.5. The highest BCUT2D eigenvalue weighted by Crippen LogP contribution is 2.24. The summed E-state index contributed by atoms with van der Waals surface area (Å²) in [6, 6.07) is 14.0. The van der Waals surface area contributed by atoms with Crippen molar-refractivity contribution in [2.75, 3.05) is 5.32 Å². The number of hydrogen-bond donors (Lipinski definition) is 1. The Hall–Kier alpha value is -2.92. The van der Waals surface area contributed by atoms with E-state index in [1.54, 1.807) is 12.5 Å². The number of rotatable bonds is 4. The summed E-state index contributed by atoms with van der Waals surface area (Å²) in [5, 5.41) is 9.46. The number of nitrogens with zero attached hydrogens (tertiary/aromatic N) is 4. The molecule has 0 bridgehead atoms. The highest BCUT2D eigenvalue weighted by atomic mass is 35.5. The third-order valence-corrected chi connectivity index (χ3v) is 4.87. The summed E-state index contributed by atoms with van der Waals surface area (Å²) in [4.78, 5) is 8.80. The van der Waals surface area contributed by atoms with Gasteiger partial charge in [0.2, 0.25) is 0 Å². The molecule has 0 radical (unpaired) electrons. The molecule has 0 aliphatic carbocycles. The molecule has 0 saturated carbocycles. The molecule has 2 heterocycles. The molecule has 2 aromatic carbocycles. The molecule has 0 unspecified atom stereocenters. The average molecular weight is 364 g/mol. The molecule has 0 saturated heterocycles. The monoisotopic (exact) mass is 363 g/mol. The molecule has 1 N–H and O–H groups in total. The van der Waals surface area contributed by atoms with E-state index in [-0.39, 0.29) is 0 Å². The maximum atomic E-state index is 6.23. The van der Waals surface area contributed by atoms with Crippen LogP contribution in [0.3, 0.4) is 0 Å². The minimum atomic E-state index is 0.584. The fourth-order valence-electron chi connectivity index (χ4n) is 2.85. The van der Waals surface area contributed by atoms with Gasteiger partial charge < -0.3 is 5.32 Å². The van der Waals surface area contributed by atoms with E-state index >= 15 is 0 Å². The van der Waals surface area contributed by atoms with Crippen LogP contribution in [0.4, 0.5) is 5.82 Å². The Morgan fingerprint density at radius 3 is 2.69 bits per heavy atom. The first-order valence-corrected chi connectivity index (χ1v) is 8.75. The van der Waals surface area contributed by atoms with Gasteiger partial charge in [-0.1, -0.05) is 35.9 Å². The molecule has 0 aliphatic rings. The van der Waals surface area contributed by atoms with Gasteiger partial charge in [0.15, 0.2) is 5.65 Å². The van der Waals surface area contributed by atoms with Crippen molar-refractivity contribution in [3.8, 4) is 5.69 Å². The summed E-state index contributed by atoms with van der Waals surface area (Å²) in [5.74, 6) is 0.741. The minimum absolute atomic E-state index is 0.584. The van der Waals surface area contributed by atoms with E-state index in [2.05, 4.69) is 46.4 Å². The molecule has 0 amide bonds. The van der Waals surface area contributed by atoms with Crippen LogP contribution in [0.25, 0.3) is 16.7 Å². The SMILES string of the molecule is Cc1ccc(-n2ncc3c(NCc4ccccc4Cl)ncnc32)cc1C. The average Bonchev–Trinajstić information content (AvgIpc) is 3.08.